The molecule has 0 aliphatic heterocycles. The minimum atomic E-state index is -0.302. The summed E-state index contributed by atoms with van der Waals surface area (Å²) in [5, 5.41) is 0. The third-order valence-corrected chi connectivity index (χ3v) is 6.02. The van der Waals surface area contributed by atoms with Crippen LogP contribution in [0.3, 0.4) is 0 Å². The molecule has 0 atom stereocenters. The van der Waals surface area contributed by atoms with Crippen LogP contribution in [-0.4, -0.2) is 28.3 Å². The predicted octanol–water partition coefficient (Wildman–Crippen LogP) is 4.77. The van der Waals surface area contributed by atoms with Gasteiger partial charge in [-0.2, -0.15) is 16.8 Å². The maximum atomic E-state index is 12.6. The number of fused-ring (bicyclic) bond motifs is 1. The van der Waals surface area contributed by atoms with Crippen LogP contribution in [0.15, 0.2) is 51.9 Å². The number of hydrogen-bond donors (Lipinski definition) is 0. The Morgan fingerprint density at radius 1 is 1.15 bits per heavy atom. The lowest BCUT2D eigenvalue weighted by atomic mass is 10.1. The van der Waals surface area contributed by atoms with E-state index in [1.807, 2.05) is 18.2 Å². The molecular formula is C19H17BrN2O2S2. The van der Waals surface area contributed by atoms with Gasteiger partial charge in [0, 0.05) is 27.9 Å². The molecule has 26 heavy (non-hydrogen) atoms. The third-order valence-electron chi connectivity index (χ3n) is 3.90. The fraction of sp³-hybridized carbons (Fsp3) is 0.211. The second-order valence-corrected chi connectivity index (χ2v) is 8.60. The molecule has 0 aliphatic rings. The molecule has 1 aromatic heterocycles. The van der Waals surface area contributed by atoms with Crippen LogP contribution >= 0.6 is 39.0 Å². The summed E-state index contributed by atoms with van der Waals surface area (Å²) in [7, 11) is 0. The first-order valence-electron chi connectivity index (χ1n) is 7.97. The number of aromatic nitrogens is 1. The Bertz CT molecular complexity index is 1040. The van der Waals surface area contributed by atoms with Crippen LogP contribution in [0.5, 0.6) is 0 Å². The molecule has 3 rings (SSSR count). The van der Waals surface area contributed by atoms with Crippen LogP contribution in [-0.2, 0) is 6.54 Å². The van der Waals surface area contributed by atoms with Gasteiger partial charge in [-0.1, -0.05) is 39.4 Å². The van der Waals surface area contributed by atoms with Crippen LogP contribution in [0.2, 0.25) is 0 Å². The zero-order valence-corrected chi connectivity index (χ0v) is 17.6. The van der Waals surface area contributed by atoms with E-state index in [0.717, 1.165) is 27.0 Å². The lowest BCUT2D eigenvalue weighted by molar-refractivity contribution is 0.0991. The highest BCUT2D eigenvalue weighted by Crippen LogP contribution is 2.22. The van der Waals surface area contributed by atoms with E-state index in [2.05, 4.69) is 31.7 Å². The van der Waals surface area contributed by atoms with E-state index in [-0.39, 0.29) is 11.7 Å². The SMILES string of the molecule is CSCCn1c(=NC(=O)c2ccc(C(C)=O)cc2)sc2cc(Br)ccc21. The number of thiazole rings is 1. The molecule has 4 nitrogen and oxygen atoms in total. The van der Waals surface area contributed by atoms with E-state index in [0.29, 0.717) is 15.9 Å². The monoisotopic (exact) mass is 448 g/mol. The van der Waals surface area contributed by atoms with Crippen molar-refractivity contribution in [2.45, 2.75) is 13.5 Å². The number of rotatable bonds is 5. The number of carbonyl (C=O) groups excluding carboxylic acids is 2. The van der Waals surface area contributed by atoms with E-state index >= 15 is 0 Å². The number of aryl methyl sites for hydroxylation is 1. The number of hydrogen-bond acceptors (Lipinski definition) is 4. The van der Waals surface area contributed by atoms with Crippen LogP contribution in [0.1, 0.15) is 27.6 Å². The summed E-state index contributed by atoms with van der Waals surface area (Å²) in [5.41, 5.74) is 2.14. The molecule has 0 bridgehead atoms. The Kier molecular flexibility index (Phi) is 6.11. The second kappa shape index (κ2) is 8.33. The highest BCUT2D eigenvalue weighted by Gasteiger charge is 2.10. The van der Waals surface area contributed by atoms with Crippen LogP contribution in [0, 0.1) is 0 Å². The highest BCUT2D eigenvalue weighted by molar-refractivity contribution is 9.10. The summed E-state index contributed by atoms with van der Waals surface area (Å²) >= 11 is 6.75. The molecule has 0 N–H and O–H groups in total. The van der Waals surface area contributed by atoms with E-state index in [1.165, 1.54) is 18.3 Å². The molecule has 7 heteroatoms. The Labute approximate surface area is 168 Å². The molecule has 3 aromatic rings. The average molecular weight is 449 g/mol. The number of Topliss-reactive ketones (excluding diaryl/α,β-unsaturated/α-hetero) is 1. The van der Waals surface area contributed by atoms with Crippen molar-refractivity contribution in [3.63, 3.8) is 0 Å². The predicted molar refractivity (Wildman–Crippen MR) is 112 cm³/mol. The van der Waals surface area contributed by atoms with Gasteiger partial charge in [-0.05, 0) is 43.5 Å². The highest BCUT2D eigenvalue weighted by atomic mass is 79.9. The van der Waals surface area contributed by atoms with Crippen molar-refractivity contribution < 1.29 is 9.59 Å². The first-order valence-corrected chi connectivity index (χ1v) is 11.0. The molecule has 0 fully saturated rings. The zero-order valence-electron chi connectivity index (χ0n) is 14.4. The fourth-order valence-electron chi connectivity index (χ4n) is 2.53. The fourth-order valence-corrected chi connectivity index (χ4v) is 4.50. The summed E-state index contributed by atoms with van der Waals surface area (Å²) in [4.78, 5) is 29.0. The minimum absolute atomic E-state index is 0.0223. The molecule has 1 heterocycles. The van der Waals surface area contributed by atoms with Crippen molar-refractivity contribution in [3.05, 3.63) is 62.9 Å². The smallest absolute Gasteiger partial charge is 0.279 e. The summed E-state index contributed by atoms with van der Waals surface area (Å²) in [5.74, 6) is 0.617. The zero-order chi connectivity index (χ0) is 18.7. The normalized spacial score (nSPS) is 11.9. The largest absolute Gasteiger partial charge is 0.316 e. The number of ketones is 1. The number of nitrogens with zero attached hydrogens (tertiary/aromatic N) is 2. The van der Waals surface area contributed by atoms with Gasteiger partial charge in [0.15, 0.2) is 10.6 Å². The van der Waals surface area contributed by atoms with Gasteiger partial charge in [0.05, 0.1) is 10.2 Å². The van der Waals surface area contributed by atoms with Gasteiger partial charge in [-0.25, -0.2) is 0 Å². The maximum Gasteiger partial charge on any atom is 0.279 e. The topological polar surface area (TPSA) is 51.4 Å². The van der Waals surface area contributed by atoms with E-state index in [1.54, 1.807) is 36.0 Å². The van der Waals surface area contributed by atoms with Crippen LogP contribution in [0.25, 0.3) is 10.2 Å². The van der Waals surface area contributed by atoms with Crippen molar-refractivity contribution in [1.29, 1.82) is 0 Å². The van der Waals surface area contributed by atoms with E-state index in [9.17, 15) is 9.59 Å². The van der Waals surface area contributed by atoms with Crippen molar-refractivity contribution in [2.75, 3.05) is 12.0 Å². The molecular weight excluding hydrogens is 432 g/mol. The Morgan fingerprint density at radius 3 is 2.50 bits per heavy atom. The van der Waals surface area contributed by atoms with Crippen LogP contribution < -0.4 is 4.80 Å². The Hall–Kier alpha value is -1.70. The molecule has 1 amide bonds. The van der Waals surface area contributed by atoms with Gasteiger partial charge in [0.1, 0.15) is 0 Å². The molecule has 0 radical (unpaired) electrons. The Balaban J connectivity index is 2.04. The van der Waals surface area contributed by atoms with Gasteiger partial charge in [0.2, 0.25) is 0 Å². The van der Waals surface area contributed by atoms with Gasteiger partial charge < -0.3 is 4.57 Å². The number of amides is 1. The maximum absolute atomic E-state index is 12.6. The van der Waals surface area contributed by atoms with Crippen molar-refractivity contribution in [2.24, 2.45) is 4.99 Å². The standard InChI is InChI=1S/C19H17BrN2O2S2/c1-12(23)13-3-5-14(6-4-13)18(24)21-19-22(9-10-25-2)16-8-7-15(20)11-17(16)26-19/h3-8,11H,9-10H2,1-2H3. The second-order valence-electron chi connectivity index (χ2n) is 5.69. The first-order chi connectivity index (χ1) is 12.5. The number of halogens is 1. The van der Waals surface area contributed by atoms with E-state index in [4.69, 9.17) is 0 Å². The number of benzene rings is 2. The molecule has 0 saturated carbocycles. The lowest BCUT2D eigenvalue weighted by Gasteiger charge is -2.04. The van der Waals surface area contributed by atoms with Gasteiger partial charge in [-0.15, -0.1) is 0 Å². The number of thioether (sulfide) groups is 1. The summed E-state index contributed by atoms with van der Waals surface area (Å²) < 4.78 is 4.17. The van der Waals surface area contributed by atoms with E-state index < -0.39 is 0 Å². The minimum Gasteiger partial charge on any atom is -0.316 e. The first kappa shape index (κ1) is 19.1. The molecule has 2 aromatic carbocycles. The van der Waals surface area contributed by atoms with Crippen molar-refractivity contribution in [1.82, 2.24) is 4.57 Å². The summed E-state index contributed by atoms with van der Waals surface area (Å²) in [6.07, 6.45) is 2.06. The molecule has 0 saturated heterocycles. The summed E-state index contributed by atoms with van der Waals surface area (Å²) in [6, 6.07) is 12.7. The van der Waals surface area contributed by atoms with Gasteiger partial charge in [0.25, 0.3) is 5.91 Å². The summed E-state index contributed by atoms with van der Waals surface area (Å²) in [6.45, 7) is 2.30. The van der Waals surface area contributed by atoms with Gasteiger partial charge >= 0.3 is 0 Å². The number of carbonyl (C=O) groups is 2. The average Bonchev–Trinajstić information content (AvgIpc) is 2.95. The van der Waals surface area contributed by atoms with Crippen LogP contribution in [0.4, 0.5) is 0 Å². The lowest BCUT2D eigenvalue weighted by Crippen LogP contribution is -2.18. The van der Waals surface area contributed by atoms with Crippen molar-refractivity contribution in [3.8, 4) is 0 Å². The van der Waals surface area contributed by atoms with Gasteiger partial charge in [-0.3, -0.25) is 9.59 Å². The quantitative estimate of drug-likeness (QED) is 0.528. The molecule has 0 spiro atoms. The van der Waals surface area contributed by atoms with Crippen molar-refractivity contribution >= 4 is 60.9 Å². The molecule has 134 valence electrons. The third kappa shape index (κ3) is 4.16. The Morgan fingerprint density at radius 2 is 1.85 bits per heavy atom. The molecule has 0 unspecified atom stereocenters. The molecule has 0 aliphatic carbocycles.